The molecule has 0 bridgehead atoms. The van der Waals surface area contributed by atoms with E-state index in [4.69, 9.17) is 0 Å². The predicted octanol–water partition coefficient (Wildman–Crippen LogP) is 3.31. The van der Waals surface area contributed by atoms with Gasteiger partial charge in [0, 0.05) is 24.7 Å². The highest BCUT2D eigenvalue weighted by molar-refractivity contribution is 7.89. The minimum atomic E-state index is -3.57. The van der Waals surface area contributed by atoms with Gasteiger partial charge in [-0.05, 0) is 43.9 Å². The van der Waals surface area contributed by atoms with Gasteiger partial charge in [0.1, 0.15) is 0 Å². The average Bonchev–Trinajstić information content (AvgIpc) is 2.91. The van der Waals surface area contributed by atoms with Crippen LogP contribution in [0.2, 0.25) is 0 Å². The maximum absolute atomic E-state index is 12.7. The smallest absolute Gasteiger partial charge is 0.253 e. The van der Waals surface area contributed by atoms with Gasteiger partial charge in [0.15, 0.2) is 0 Å². The van der Waals surface area contributed by atoms with Crippen molar-refractivity contribution in [1.29, 1.82) is 0 Å². The van der Waals surface area contributed by atoms with Crippen LogP contribution in [-0.2, 0) is 10.0 Å². The van der Waals surface area contributed by atoms with E-state index in [0.29, 0.717) is 5.56 Å². The molecule has 0 unspecified atom stereocenters. The van der Waals surface area contributed by atoms with E-state index < -0.39 is 10.0 Å². The third kappa shape index (κ3) is 4.82. The van der Waals surface area contributed by atoms with Crippen molar-refractivity contribution in [3.05, 3.63) is 29.8 Å². The number of amides is 1. The van der Waals surface area contributed by atoms with Crippen molar-refractivity contribution >= 4 is 15.9 Å². The van der Waals surface area contributed by atoms with E-state index in [1.807, 2.05) is 4.90 Å². The Bertz CT molecular complexity index is 688. The van der Waals surface area contributed by atoms with Crippen LogP contribution in [0.1, 0.15) is 68.1 Å². The Morgan fingerprint density at radius 3 is 2.28 bits per heavy atom. The molecule has 25 heavy (non-hydrogen) atoms. The minimum absolute atomic E-state index is 0.0173. The summed E-state index contributed by atoms with van der Waals surface area (Å²) in [4.78, 5) is 14.8. The third-order valence-electron chi connectivity index (χ3n) is 5.21. The second-order valence-corrected chi connectivity index (χ2v) is 8.90. The average molecular weight is 365 g/mol. The maximum Gasteiger partial charge on any atom is 0.253 e. The fourth-order valence-electron chi connectivity index (χ4n) is 3.76. The number of carbonyl (C=O) groups is 1. The molecule has 5 nitrogen and oxygen atoms in total. The Morgan fingerprint density at radius 2 is 1.60 bits per heavy atom. The quantitative estimate of drug-likeness (QED) is 0.891. The Balaban J connectivity index is 1.74. The zero-order valence-corrected chi connectivity index (χ0v) is 15.6. The van der Waals surface area contributed by atoms with Gasteiger partial charge in [-0.3, -0.25) is 4.79 Å². The Morgan fingerprint density at radius 1 is 0.960 bits per heavy atom. The fourth-order valence-corrected chi connectivity index (χ4v) is 5.11. The van der Waals surface area contributed by atoms with Crippen LogP contribution in [-0.4, -0.2) is 38.4 Å². The zero-order valence-electron chi connectivity index (χ0n) is 14.7. The van der Waals surface area contributed by atoms with Crippen LogP contribution in [0.15, 0.2) is 29.2 Å². The summed E-state index contributed by atoms with van der Waals surface area (Å²) in [6, 6.07) is 6.50. The Hall–Kier alpha value is -1.40. The molecular weight excluding hydrogens is 336 g/mol. The lowest BCUT2D eigenvalue weighted by Crippen LogP contribution is -2.36. The molecule has 1 aromatic rings. The van der Waals surface area contributed by atoms with Crippen LogP contribution in [0.4, 0.5) is 0 Å². The van der Waals surface area contributed by atoms with Gasteiger partial charge in [-0.1, -0.05) is 38.2 Å². The van der Waals surface area contributed by atoms with E-state index in [-0.39, 0.29) is 16.8 Å². The van der Waals surface area contributed by atoms with Gasteiger partial charge in [0.2, 0.25) is 10.0 Å². The van der Waals surface area contributed by atoms with Crippen molar-refractivity contribution in [1.82, 2.24) is 9.62 Å². The first-order valence-electron chi connectivity index (χ1n) is 9.48. The van der Waals surface area contributed by atoms with Crippen LogP contribution < -0.4 is 4.72 Å². The zero-order chi connectivity index (χ0) is 17.7. The van der Waals surface area contributed by atoms with Gasteiger partial charge in [-0.2, -0.15) is 0 Å². The maximum atomic E-state index is 12.7. The number of hydrogen-bond acceptors (Lipinski definition) is 3. The van der Waals surface area contributed by atoms with E-state index in [2.05, 4.69) is 4.72 Å². The largest absolute Gasteiger partial charge is 0.339 e. The van der Waals surface area contributed by atoms with Crippen molar-refractivity contribution in [3.8, 4) is 0 Å². The molecule has 0 spiro atoms. The number of carbonyl (C=O) groups excluding carboxylic acids is 1. The van der Waals surface area contributed by atoms with Crippen LogP contribution in [0.25, 0.3) is 0 Å². The molecule has 1 aromatic carbocycles. The molecule has 1 aliphatic heterocycles. The molecule has 1 N–H and O–H groups in total. The van der Waals surface area contributed by atoms with Crippen molar-refractivity contribution < 1.29 is 13.2 Å². The number of nitrogens with one attached hydrogen (secondary N) is 1. The van der Waals surface area contributed by atoms with Crippen molar-refractivity contribution in [3.63, 3.8) is 0 Å². The predicted molar refractivity (Wildman–Crippen MR) is 98.0 cm³/mol. The summed E-state index contributed by atoms with van der Waals surface area (Å²) in [7, 11) is -3.57. The van der Waals surface area contributed by atoms with Crippen LogP contribution in [0.5, 0.6) is 0 Å². The second kappa shape index (κ2) is 8.32. The lowest BCUT2D eigenvalue weighted by atomic mass is 9.96. The number of nitrogens with zero attached hydrogens (tertiary/aromatic N) is 1. The monoisotopic (exact) mass is 364 g/mol. The second-order valence-electron chi connectivity index (χ2n) is 7.19. The summed E-state index contributed by atoms with van der Waals surface area (Å²) in [5.41, 5.74) is 0.466. The van der Waals surface area contributed by atoms with E-state index in [9.17, 15) is 13.2 Å². The van der Waals surface area contributed by atoms with E-state index >= 15 is 0 Å². The first kappa shape index (κ1) is 18.4. The SMILES string of the molecule is O=C(c1cccc(S(=O)(=O)NC2CCCCC2)c1)N1CCCCCC1. The van der Waals surface area contributed by atoms with E-state index in [1.165, 1.54) is 12.5 Å². The van der Waals surface area contributed by atoms with E-state index in [1.54, 1.807) is 18.2 Å². The number of sulfonamides is 1. The Labute approximate surface area is 150 Å². The molecule has 1 saturated heterocycles. The highest BCUT2D eigenvalue weighted by Gasteiger charge is 2.24. The Kier molecular flexibility index (Phi) is 6.12. The lowest BCUT2D eigenvalue weighted by Gasteiger charge is -2.23. The molecule has 6 heteroatoms. The van der Waals surface area contributed by atoms with E-state index in [0.717, 1.165) is 64.5 Å². The molecule has 2 aliphatic rings. The molecule has 0 aromatic heterocycles. The molecule has 3 rings (SSSR count). The molecule has 0 atom stereocenters. The number of rotatable bonds is 4. The standard InChI is InChI=1S/C19H28N2O3S/c22-19(21-13-6-1-2-7-14-21)16-9-8-12-18(15-16)25(23,24)20-17-10-4-3-5-11-17/h8-9,12,15,17,20H,1-7,10-11,13-14H2. The summed E-state index contributed by atoms with van der Waals surface area (Å²) < 4.78 is 28.2. The third-order valence-corrected chi connectivity index (χ3v) is 6.73. The normalized spacial score (nSPS) is 20.2. The number of benzene rings is 1. The molecular formula is C19H28N2O3S. The molecule has 1 aliphatic carbocycles. The molecule has 1 heterocycles. The minimum Gasteiger partial charge on any atom is -0.339 e. The number of hydrogen-bond donors (Lipinski definition) is 1. The van der Waals surface area contributed by atoms with Crippen LogP contribution >= 0.6 is 0 Å². The summed E-state index contributed by atoms with van der Waals surface area (Å²) in [5.74, 6) is -0.0587. The van der Waals surface area contributed by atoms with Gasteiger partial charge in [0.05, 0.1) is 4.90 Å². The van der Waals surface area contributed by atoms with Crippen molar-refractivity contribution in [2.75, 3.05) is 13.1 Å². The molecule has 1 saturated carbocycles. The topological polar surface area (TPSA) is 66.5 Å². The summed E-state index contributed by atoms with van der Waals surface area (Å²) in [5, 5.41) is 0. The fraction of sp³-hybridized carbons (Fsp3) is 0.632. The van der Waals surface area contributed by atoms with Gasteiger partial charge >= 0.3 is 0 Å². The van der Waals surface area contributed by atoms with Gasteiger partial charge in [-0.15, -0.1) is 0 Å². The van der Waals surface area contributed by atoms with Gasteiger partial charge in [0.25, 0.3) is 5.91 Å². The highest BCUT2D eigenvalue weighted by Crippen LogP contribution is 2.21. The molecule has 0 radical (unpaired) electrons. The van der Waals surface area contributed by atoms with Gasteiger partial charge < -0.3 is 4.90 Å². The lowest BCUT2D eigenvalue weighted by molar-refractivity contribution is 0.0761. The van der Waals surface area contributed by atoms with Crippen molar-refractivity contribution in [2.24, 2.45) is 0 Å². The molecule has 2 fully saturated rings. The van der Waals surface area contributed by atoms with Crippen LogP contribution in [0, 0.1) is 0 Å². The molecule has 138 valence electrons. The van der Waals surface area contributed by atoms with Crippen LogP contribution in [0.3, 0.4) is 0 Å². The summed E-state index contributed by atoms with van der Waals surface area (Å²) in [6.07, 6.45) is 9.46. The first-order valence-corrected chi connectivity index (χ1v) is 11.0. The number of likely N-dealkylation sites (tertiary alicyclic amines) is 1. The van der Waals surface area contributed by atoms with Gasteiger partial charge in [-0.25, -0.2) is 13.1 Å². The molecule has 1 amide bonds. The summed E-state index contributed by atoms with van der Waals surface area (Å²) in [6.45, 7) is 1.52. The highest BCUT2D eigenvalue weighted by atomic mass is 32.2. The first-order chi connectivity index (χ1) is 12.1. The summed E-state index contributed by atoms with van der Waals surface area (Å²) >= 11 is 0. The van der Waals surface area contributed by atoms with Crippen molar-refractivity contribution in [2.45, 2.75) is 68.7 Å².